The number of halogens is 1. The minimum atomic E-state index is -0.120. The van der Waals surface area contributed by atoms with E-state index >= 15 is 0 Å². The Morgan fingerprint density at radius 1 is 1.08 bits per heavy atom. The summed E-state index contributed by atoms with van der Waals surface area (Å²) in [5.41, 5.74) is 4.01. The standard InChI is InChI=1S/C23H27FO/c1-3-4-5-17-6-8-19(9-7-17)22-15-12-20(16-23(22)24)18-10-13-21(25-2)14-11-18/h3,6-9,12,15-16,18,21H,1,4-5,10-11,13-14H2,2H3. The maximum atomic E-state index is 14.7. The fourth-order valence-electron chi connectivity index (χ4n) is 3.77. The Morgan fingerprint density at radius 2 is 1.80 bits per heavy atom. The van der Waals surface area contributed by atoms with Crippen molar-refractivity contribution in [3.05, 3.63) is 72.1 Å². The molecule has 132 valence electrons. The lowest BCUT2D eigenvalue weighted by Crippen LogP contribution is -2.19. The first-order chi connectivity index (χ1) is 12.2. The number of ether oxygens (including phenoxy) is 1. The lowest BCUT2D eigenvalue weighted by Gasteiger charge is -2.28. The number of rotatable bonds is 6. The molecule has 0 heterocycles. The zero-order valence-corrected chi connectivity index (χ0v) is 15.0. The predicted molar refractivity (Wildman–Crippen MR) is 102 cm³/mol. The molecule has 0 aliphatic heterocycles. The maximum absolute atomic E-state index is 14.7. The summed E-state index contributed by atoms with van der Waals surface area (Å²) in [4.78, 5) is 0. The van der Waals surface area contributed by atoms with Crippen molar-refractivity contribution in [2.24, 2.45) is 0 Å². The molecular weight excluding hydrogens is 311 g/mol. The molecule has 1 saturated carbocycles. The van der Waals surface area contributed by atoms with Gasteiger partial charge >= 0.3 is 0 Å². The maximum Gasteiger partial charge on any atom is 0.131 e. The van der Waals surface area contributed by atoms with Crippen LogP contribution in [0.25, 0.3) is 11.1 Å². The number of hydrogen-bond donors (Lipinski definition) is 0. The molecule has 0 saturated heterocycles. The van der Waals surface area contributed by atoms with Crippen molar-refractivity contribution < 1.29 is 9.13 Å². The van der Waals surface area contributed by atoms with E-state index in [1.807, 2.05) is 24.3 Å². The van der Waals surface area contributed by atoms with Gasteiger partial charge < -0.3 is 4.74 Å². The molecule has 2 aromatic rings. The summed E-state index contributed by atoms with van der Waals surface area (Å²) in [6.07, 6.45) is 8.54. The molecule has 1 aliphatic carbocycles. The fraction of sp³-hybridized carbons (Fsp3) is 0.391. The van der Waals surface area contributed by atoms with E-state index in [-0.39, 0.29) is 5.82 Å². The van der Waals surface area contributed by atoms with Crippen molar-refractivity contribution in [3.63, 3.8) is 0 Å². The first-order valence-electron chi connectivity index (χ1n) is 9.23. The van der Waals surface area contributed by atoms with Gasteiger partial charge in [-0.15, -0.1) is 6.58 Å². The highest BCUT2D eigenvalue weighted by atomic mass is 19.1. The summed E-state index contributed by atoms with van der Waals surface area (Å²) in [5.74, 6) is 0.335. The zero-order chi connectivity index (χ0) is 17.6. The van der Waals surface area contributed by atoms with Crippen LogP contribution in [0.1, 0.15) is 49.1 Å². The summed E-state index contributed by atoms with van der Waals surface area (Å²) in [7, 11) is 1.78. The molecule has 1 nitrogen and oxygen atoms in total. The van der Waals surface area contributed by atoms with Crippen molar-refractivity contribution in [2.75, 3.05) is 7.11 Å². The van der Waals surface area contributed by atoms with Crippen LogP contribution in [-0.2, 0) is 11.2 Å². The molecule has 0 radical (unpaired) electrons. The van der Waals surface area contributed by atoms with Gasteiger partial charge in [0.05, 0.1) is 6.10 Å². The van der Waals surface area contributed by atoms with Gasteiger partial charge in [-0.2, -0.15) is 0 Å². The van der Waals surface area contributed by atoms with Crippen LogP contribution in [0.4, 0.5) is 4.39 Å². The highest BCUT2D eigenvalue weighted by Crippen LogP contribution is 2.35. The van der Waals surface area contributed by atoms with Crippen molar-refractivity contribution in [3.8, 4) is 11.1 Å². The summed E-state index contributed by atoms with van der Waals surface area (Å²) < 4.78 is 20.1. The molecule has 0 atom stereocenters. The Labute approximate surface area is 150 Å². The molecule has 0 aromatic heterocycles. The first kappa shape index (κ1) is 17.9. The third-order valence-electron chi connectivity index (χ3n) is 5.37. The minimum absolute atomic E-state index is 0.120. The van der Waals surface area contributed by atoms with E-state index in [2.05, 4.69) is 24.8 Å². The van der Waals surface area contributed by atoms with E-state index in [0.29, 0.717) is 17.6 Å². The highest BCUT2D eigenvalue weighted by molar-refractivity contribution is 5.65. The number of allylic oxidation sites excluding steroid dienone is 1. The van der Waals surface area contributed by atoms with E-state index in [1.165, 1.54) is 5.56 Å². The molecule has 0 bridgehead atoms. The van der Waals surface area contributed by atoms with Crippen molar-refractivity contribution in [2.45, 2.75) is 50.5 Å². The normalized spacial score (nSPS) is 20.4. The zero-order valence-electron chi connectivity index (χ0n) is 15.0. The van der Waals surface area contributed by atoms with Crippen LogP contribution in [0.15, 0.2) is 55.1 Å². The van der Waals surface area contributed by atoms with Crippen LogP contribution in [0, 0.1) is 5.82 Å². The summed E-state index contributed by atoms with van der Waals surface area (Å²) in [6, 6.07) is 14.0. The average Bonchev–Trinajstić information content (AvgIpc) is 2.67. The molecule has 3 rings (SSSR count). The van der Waals surface area contributed by atoms with Crippen LogP contribution in [0.2, 0.25) is 0 Å². The van der Waals surface area contributed by atoms with Gasteiger partial charge in [-0.1, -0.05) is 42.5 Å². The molecular formula is C23H27FO. The lowest BCUT2D eigenvalue weighted by molar-refractivity contribution is 0.0658. The summed E-state index contributed by atoms with van der Waals surface area (Å²) in [5, 5.41) is 0. The summed E-state index contributed by atoms with van der Waals surface area (Å²) >= 11 is 0. The van der Waals surface area contributed by atoms with Gasteiger partial charge in [0, 0.05) is 12.7 Å². The second kappa shape index (κ2) is 8.44. The third-order valence-corrected chi connectivity index (χ3v) is 5.37. The van der Waals surface area contributed by atoms with Gasteiger partial charge in [0.15, 0.2) is 0 Å². The smallest absolute Gasteiger partial charge is 0.131 e. The van der Waals surface area contributed by atoms with Gasteiger partial charge in [-0.25, -0.2) is 4.39 Å². The number of hydrogen-bond acceptors (Lipinski definition) is 1. The van der Waals surface area contributed by atoms with E-state index in [4.69, 9.17) is 4.74 Å². The molecule has 1 aliphatic rings. The fourth-order valence-corrected chi connectivity index (χ4v) is 3.77. The van der Waals surface area contributed by atoms with Crippen LogP contribution in [0.5, 0.6) is 0 Å². The first-order valence-corrected chi connectivity index (χ1v) is 9.23. The minimum Gasteiger partial charge on any atom is -0.381 e. The molecule has 0 N–H and O–H groups in total. The van der Waals surface area contributed by atoms with E-state index in [0.717, 1.165) is 49.7 Å². The van der Waals surface area contributed by atoms with Crippen molar-refractivity contribution in [1.29, 1.82) is 0 Å². The topological polar surface area (TPSA) is 9.23 Å². The van der Waals surface area contributed by atoms with Crippen LogP contribution < -0.4 is 0 Å². The molecule has 1 fully saturated rings. The Morgan fingerprint density at radius 3 is 2.40 bits per heavy atom. The Bertz CT molecular complexity index is 697. The SMILES string of the molecule is C=CCCc1ccc(-c2ccc(C3CCC(OC)CC3)cc2F)cc1. The Hall–Kier alpha value is -1.93. The number of benzene rings is 2. The predicted octanol–water partition coefficient (Wildman–Crippen LogP) is 6.28. The van der Waals surface area contributed by atoms with Crippen LogP contribution in [0.3, 0.4) is 0 Å². The molecule has 2 aromatic carbocycles. The van der Waals surface area contributed by atoms with Crippen LogP contribution >= 0.6 is 0 Å². The molecule has 0 amide bonds. The molecule has 0 spiro atoms. The van der Waals surface area contributed by atoms with Gasteiger partial charge in [0.2, 0.25) is 0 Å². The van der Waals surface area contributed by atoms with Crippen molar-refractivity contribution in [1.82, 2.24) is 0 Å². The van der Waals surface area contributed by atoms with E-state index in [9.17, 15) is 4.39 Å². The van der Waals surface area contributed by atoms with Gasteiger partial charge in [0.1, 0.15) is 5.82 Å². The Balaban J connectivity index is 1.72. The van der Waals surface area contributed by atoms with Gasteiger partial charge in [-0.3, -0.25) is 0 Å². The lowest BCUT2D eigenvalue weighted by atomic mass is 9.82. The third kappa shape index (κ3) is 4.38. The van der Waals surface area contributed by atoms with E-state index < -0.39 is 0 Å². The van der Waals surface area contributed by atoms with Crippen LogP contribution in [-0.4, -0.2) is 13.2 Å². The van der Waals surface area contributed by atoms with Gasteiger partial charge in [-0.05, 0) is 67.2 Å². The van der Waals surface area contributed by atoms with Crippen molar-refractivity contribution >= 4 is 0 Å². The monoisotopic (exact) mass is 338 g/mol. The van der Waals surface area contributed by atoms with E-state index in [1.54, 1.807) is 13.2 Å². The Kier molecular flexibility index (Phi) is 6.04. The quantitative estimate of drug-likeness (QED) is 0.563. The second-order valence-corrected chi connectivity index (χ2v) is 6.97. The van der Waals surface area contributed by atoms with Gasteiger partial charge in [0.25, 0.3) is 0 Å². The number of methoxy groups -OCH3 is 1. The number of aryl methyl sites for hydroxylation is 1. The highest BCUT2D eigenvalue weighted by Gasteiger charge is 2.22. The largest absolute Gasteiger partial charge is 0.381 e. The summed E-state index contributed by atoms with van der Waals surface area (Å²) in [6.45, 7) is 3.75. The molecule has 0 unspecified atom stereocenters. The molecule has 25 heavy (non-hydrogen) atoms. The molecule has 2 heteroatoms. The second-order valence-electron chi connectivity index (χ2n) is 6.97. The average molecular weight is 338 g/mol.